The Kier molecular flexibility index (Phi) is 39.8. The third-order valence-electron chi connectivity index (χ3n) is 12.6. The maximum absolute atomic E-state index is 13.0. The Morgan fingerprint density at radius 2 is 0.917 bits per heavy atom. The molecule has 9 nitrogen and oxygen atoms in total. The molecule has 0 aromatic rings. The van der Waals surface area contributed by atoms with Gasteiger partial charge in [-0.05, 0) is 19.3 Å². The van der Waals surface area contributed by atoms with Crippen LogP contribution in [0.5, 0.6) is 0 Å². The van der Waals surface area contributed by atoms with Crippen molar-refractivity contribution in [1.82, 2.24) is 5.32 Å². The standard InChI is InChI=1S/C51H99NO8/c1-3-5-7-9-11-13-15-16-17-18-19-20-21-22-23-24-25-26-27-28-29-30-31-33-35-37-39-41-47(55)52-44(43-59-51-50(58)49(57)48(56)46(42-53)60-51)45(54)40-38-36-34-32-14-12-10-8-6-4-2/h38,40,44-46,48-51,53-54,56-58H,3-37,39,41-43H2,1-2H3,(H,52,55)/b40-38+/t44-,45+,46+,48-,49?,50?,51+/m0/s1. The molecule has 0 radical (unpaired) electrons. The zero-order chi connectivity index (χ0) is 43.7. The molecule has 0 saturated carbocycles. The van der Waals surface area contributed by atoms with E-state index in [0.29, 0.717) is 6.42 Å². The summed E-state index contributed by atoms with van der Waals surface area (Å²) in [6.45, 7) is 3.77. The van der Waals surface area contributed by atoms with Gasteiger partial charge in [0, 0.05) is 6.42 Å². The zero-order valence-electron chi connectivity index (χ0n) is 39.2. The molecule has 356 valence electrons. The SMILES string of the molecule is CCCCCCCCCC/C=C/[C@@H](O)[C@H](CO[C@@H]1O[C@H](CO)[C@H](O)C(O)C1O)NC(=O)CCCCCCCCCCCCCCCCCCCCCCCCCCCCC. The number of aliphatic hydroxyl groups excluding tert-OH is 5. The fourth-order valence-electron chi connectivity index (χ4n) is 8.45. The highest BCUT2D eigenvalue weighted by Gasteiger charge is 2.44. The molecule has 1 saturated heterocycles. The molecular formula is C51H99NO8. The van der Waals surface area contributed by atoms with E-state index in [1.165, 1.54) is 193 Å². The Morgan fingerprint density at radius 1 is 0.550 bits per heavy atom. The zero-order valence-corrected chi connectivity index (χ0v) is 39.2. The van der Waals surface area contributed by atoms with E-state index < -0.39 is 49.5 Å². The van der Waals surface area contributed by atoms with Crippen molar-refractivity contribution < 1.29 is 39.8 Å². The highest BCUT2D eigenvalue weighted by molar-refractivity contribution is 5.76. The number of unbranched alkanes of at least 4 members (excludes halogenated alkanes) is 34. The molecule has 0 aromatic heterocycles. The highest BCUT2D eigenvalue weighted by Crippen LogP contribution is 2.23. The van der Waals surface area contributed by atoms with E-state index >= 15 is 0 Å². The Bertz CT molecular complexity index is 950. The van der Waals surface area contributed by atoms with Gasteiger partial charge in [0.05, 0.1) is 25.4 Å². The second kappa shape index (κ2) is 41.9. The van der Waals surface area contributed by atoms with Gasteiger partial charge in [-0.25, -0.2) is 0 Å². The Labute approximate surface area is 369 Å². The molecule has 1 rings (SSSR count). The van der Waals surface area contributed by atoms with Gasteiger partial charge in [0.15, 0.2) is 6.29 Å². The van der Waals surface area contributed by atoms with Crippen molar-refractivity contribution in [2.24, 2.45) is 0 Å². The predicted molar refractivity (Wildman–Crippen MR) is 249 cm³/mol. The summed E-state index contributed by atoms with van der Waals surface area (Å²) in [5, 5.41) is 54.2. The maximum Gasteiger partial charge on any atom is 0.220 e. The number of aliphatic hydroxyl groups is 5. The third-order valence-corrected chi connectivity index (χ3v) is 12.6. The van der Waals surface area contributed by atoms with E-state index in [1.54, 1.807) is 6.08 Å². The van der Waals surface area contributed by atoms with E-state index in [2.05, 4.69) is 19.2 Å². The van der Waals surface area contributed by atoms with Gasteiger partial charge >= 0.3 is 0 Å². The lowest BCUT2D eigenvalue weighted by molar-refractivity contribution is -0.302. The number of hydrogen-bond donors (Lipinski definition) is 6. The molecule has 0 aliphatic carbocycles. The van der Waals surface area contributed by atoms with Crippen molar-refractivity contribution >= 4 is 5.91 Å². The van der Waals surface area contributed by atoms with Crippen LogP contribution in [0.15, 0.2) is 12.2 Å². The molecule has 1 amide bonds. The van der Waals surface area contributed by atoms with Crippen LogP contribution >= 0.6 is 0 Å². The van der Waals surface area contributed by atoms with Crippen LogP contribution in [0.2, 0.25) is 0 Å². The fourth-order valence-corrected chi connectivity index (χ4v) is 8.45. The number of hydrogen-bond acceptors (Lipinski definition) is 8. The molecular weight excluding hydrogens is 755 g/mol. The van der Waals surface area contributed by atoms with Crippen LogP contribution in [0.1, 0.15) is 251 Å². The molecule has 0 spiro atoms. The molecule has 1 aliphatic heterocycles. The number of carbonyl (C=O) groups excluding carboxylic acids is 1. The minimum atomic E-state index is -1.56. The quantitative estimate of drug-likeness (QED) is 0.0262. The lowest BCUT2D eigenvalue weighted by atomic mass is 9.99. The van der Waals surface area contributed by atoms with Gasteiger partial charge < -0.3 is 40.3 Å². The first-order valence-electron chi connectivity index (χ1n) is 25.9. The molecule has 9 heteroatoms. The van der Waals surface area contributed by atoms with Crippen LogP contribution in [-0.2, 0) is 14.3 Å². The van der Waals surface area contributed by atoms with Gasteiger partial charge in [0.2, 0.25) is 5.91 Å². The molecule has 1 fully saturated rings. The van der Waals surface area contributed by atoms with Crippen LogP contribution in [0.4, 0.5) is 0 Å². The average Bonchev–Trinajstić information content (AvgIpc) is 3.25. The van der Waals surface area contributed by atoms with Crippen LogP contribution in [-0.4, -0.2) is 87.5 Å². The summed E-state index contributed by atoms with van der Waals surface area (Å²) in [5.41, 5.74) is 0. The van der Waals surface area contributed by atoms with Gasteiger partial charge in [0.25, 0.3) is 0 Å². The largest absolute Gasteiger partial charge is 0.394 e. The summed E-state index contributed by atoms with van der Waals surface area (Å²) in [7, 11) is 0. The van der Waals surface area contributed by atoms with E-state index in [0.717, 1.165) is 38.5 Å². The smallest absolute Gasteiger partial charge is 0.220 e. The van der Waals surface area contributed by atoms with Gasteiger partial charge in [-0.15, -0.1) is 0 Å². The minimum absolute atomic E-state index is 0.174. The van der Waals surface area contributed by atoms with Crippen molar-refractivity contribution in [3.8, 4) is 0 Å². The molecule has 7 atom stereocenters. The van der Waals surface area contributed by atoms with Crippen molar-refractivity contribution in [2.75, 3.05) is 13.2 Å². The summed E-state index contributed by atoms with van der Waals surface area (Å²) < 4.78 is 11.2. The maximum atomic E-state index is 13.0. The summed E-state index contributed by atoms with van der Waals surface area (Å²) in [4.78, 5) is 13.0. The Morgan fingerprint density at radius 3 is 1.30 bits per heavy atom. The van der Waals surface area contributed by atoms with Crippen molar-refractivity contribution in [3.63, 3.8) is 0 Å². The van der Waals surface area contributed by atoms with Gasteiger partial charge in [-0.1, -0.05) is 238 Å². The van der Waals surface area contributed by atoms with Crippen molar-refractivity contribution in [2.45, 2.75) is 294 Å². The lowest BCUT2D eigenvalue weighted by Gasteiger charge is -2.40. The topological polar surface area (TPSA) is 149 Å². The second-order valence-electron chi connectivity index (χ2n) is 18.3. The Balaban J connectivity index is 2.14. The molecule has 60 heavy (non-hydrogen) atoms. The third kappa shape index (κ3) is 31.7. The number of ether oxygens (including phenoxy) is 2. The second-order valence-corrected chi connectivity index (χ2v) is 18.3. The normalized spacial score (nSPS) is 20.6. The van der Waals surface area contributed by atoms with E-state index in [9.17, 15) is 30.3 Å². The first kappa shape index (κ1) is 56.9. The number of allylic oxidation sites excluding steroid dienone is 1. The monoisotopic (exact) mass is 854 g/mol. The van der Waals surface area contributed by atoms with Crippen LogP contribution in [0.3, 0.4) is 0 Å². The summed E-state index contributed by atoms with van der Waals surface area (Å²) in [6, 6.07) is -0.798. The first-order valence-corrected chi connectivity index (χ1v) is 25.9. The van der Waals surface area contributed by atoms with Gasteiger partial charge in [-0.2, -0.15) is 0 Å². The molecule has 6 N–H and O–H groups in total. The van der Waals surface area contributed by atoms with E-state index in [1.807, 2.05) is 6.08 Å². The Hall–Kier alpha value is -1.07. The number of carbonyl (C=O) groups is 1. The average molecular weight is 854 g/mol. The minimum Gasteiger partial charge on any atom is -0.394 e. The van der Waals surface area contributed by atoms with E-state index in [4.69, 9.17) is 9.47 Å². The van der Waals surface area contributed by atoms with Crippen molar-refractivity contribution in [3.05, 3.63) is 12.2 Å². The summed E-state index contributed by atoms with van der Waals surface area (Å²) >= 11 is 0. The highest BCUT2D eigenvalue weighted by atomic mass is 16.7. The summed E-state index contributed by atoms with van der Waals surface area (Å²) in [5.74, 6) is -0.174. The molecule has 1 heterocycles. The van der Waals surface area contributed by atoms with Crippen LogP contribution in [0, 0.1) is 0 Å². The predicted octanol–water partition coefficient (Wildman–Crippen LogP) is 11.7. The molecule has 2 unspecified atom stereocenters. The molecule has 0 bridgehead atoms. The van der Waals surface area contributed by atoms with Gasteiger partial charge in [0.1, 0.15) is 24.4 Å². The summed E-state index contributed by atoms with van der Waals surface area (Å²) in [6.07, 6.45) is 42.9. The van der Waals surface area contributed by atoms with Crippen LogP contribution < -0.4 is 5.32 Å². The van der Waals surface area contributed by atoms with E-state index in [-0.39, 0.29) is 12.5 Å². The molecule has 0 aromatic carbocycles. The number of nitrogens with one attached hydrogen (secondary N) is 1. The lowest BCUT2D eigenvalue weighted by Crippen LogP contribution is -2.60. The number of rotatable bonds is 44. The van der Waals surface area contributed by atoms with Crippen LogP contribution in [0.25, 0.3) is 0 Å². The van der Waals surface area contributed by atoms with Gasteiger partial charge in [-0.3, -0.25) is 4.79 Å². The fraction of sp³-hybridized carbons (Fsp3) is 0.941. The number of amides is 1. The van der Waals surface area contributed by atoms with Crippen molar-refractivity contribution in [1.29, 1.82) is 0 Å². The first-order chi connectivity index (χ1) is 29.3. The molecule has 1 aliphatic rings.